The second-order valence-electron chi connectivity index (χ2n) is 1.85. The maximum Gasteiger partial charge on any atom is 0.260 e. The van der Waals surface area contributed by atoms with Gasteiger partial charge >= 0.3 is 0 Å². The normalized spacial score (nSPS) is 12.2. The highest BCUT2D eigenvalue weighted by Gasteiger charge is 2.04. The van der Waals surface area contributed by atoms with E-state index in [2.05, 4.69) is 16.9 Å². The zero-order valence-corrected chi connectivity index (χ0v) is 5.96. The highest BCUT2D eigenvalue weighted by molar-refractivity contribution is 5.79. The van der Waals surface area contributed by atoms with E-state index in [9.17, 15) is 4.79 Å². The lowest BCUT2D eigenvalue weighted by molar-refractivity contribution is -0.133. The molecule has 0 spiro atoms. The number of rotatable bonds is 4. The summed E-state index contributed by atoms with van der Waals surface area (Å²) in [5.41, 5.74) is 7.35. The van der Waals surface area contributed by atoms with E-state index in [1.54, 1.807) is 6.92 Å². The highest BCUT2D eigenvalue weighted by Crippen LogP contribution is 1.75. The lowest BCUT2D eigenvalue weighted by Gasteiger charge is -2.05. The van der Waals surface area contributed by atoms with Gasteiger partial charge in [0.15, 0.2) is 0 Å². The Morgan fingerprint density at radius 3 is 3.00 bits per heavy atom. The van der Waals surface area contributed by atoms with Gasteiger partial charge in [-0.15, -0.1) is 6.58 Å². The predicted molar refractivity (Wildman–Crippen MR) is 37.9 cm³/mol. The molecule has 0 saturated carbocycles. The predicted octanol–water partition coefficient (Wildman–Crippen LogP) is -0.433. The van der Waals surface area contributed by atoms with Crippen LogP contribution in [0, 0.1) is 0 Å². The molecule has 4 nitrogen and oxygen atoms in total. The van der Waals surface area contributed by atoms with E-state index in [1.165, 1.54) is 6.08 Å². The van der Waals surface area contributed by atoms with Crippen LogP contribution in [0.1, 0.15) is 6.92 Å². The fourth-order valence-corrected chi connectivity index (χ4v) is 0.265. The summed E-state index contributed by atoms with van der Waals surface area (Å²) in [7, 11) is 0. The van der Waals surface area contributed by atoms with Crippen molar-refractivity contribution < 1.29 is 9.63 Å². The van der Waals surface area contributed by atoms with Crippen LogP contribution in [0.4, 0.5) is 0 Å². The summed E-state index contributed by atoms with van der Waals surface area (Å²) in [4.78, 5) is 15.2. The third-order valence-corrected chi connectivity index (χ3v) is 0.788. The topological polar surface area (TPSA) is 64.3 Å². The Hall–Kier alpha value is -0.870. The van der Waals surface area contributed by atoms with E-state index in [1.807, 2.05) is 0 Å². The van der Waals surface area contributed by atoms with Crippen LogP contribution in [-0.2, 0) is 9.63 Å². The van der Waals surface area contributed by atoms with Crippen LogP contribution in [0.3, 0.4) is 0 Å². The van der Waals surface area contributed by atoms with Crippen molar-refractivity contribution in [3.8, 4) is 0 Å². The molecular formula is C6H12N2O2. The number of nitrogens with one attached hydrogen (secondary N) is 1. The minimum absolute atomic E-state index is 0.290. The van der Waals surface area contributed by atoms with Crippen LogP contribution in [0.25, 0.3) is 0 Å². The van der Waals surface area contributed by atoms with Crippen molar-refractivity contribution in [3.63, 3.8) is 0 Å². The van der Waals surface area contributed by atoms with Crippen LogP contribution in [-0.4, -0.2) is 18.6 Å². The molecule has 0 radical (unpaired) electrons. The highest BCUT2D eigenvalue weighted by atomic mass is 16.6. The molecule has 4 heteroatoms. The fourth-order valence-electron chi connectivity index (χ4n) is 0.265. The molecule has 0 rings (SSSR count). The first kappa shape index (κ1) is 9.13. The Balaban J connectivity index is 3.30. The summed E-state index contributed by atoms with van der Waals surface area (Å²) in [5.74, 6) is -0.332. The number of hydrogen-bond donors (Lipinski definition) is 2. The smallest absolute Gasteiger partial charge is 0.260 e. The monoisotopic (exact) mass is 144 g/mol. The van der Waals surface area contributed by atoms with Crippen molar-refractivity contribution >= 4 is 5.91 Å². The first-order valence-corrected chi connectivity index (χ1v) is 2.96. The minimum Gasteiger partial charge on any atom is -0.320 e. The van der Waals surface area contributed by atoms with Gasteiger partial charge in [-0.2, -0.15) is 0 Å². The zero-order valence-electron chi connectivity index (χ0n) is 5.96. The number of hydroxylamine groups is 1. The Kier molecular flexibility index (Phi) is 4.53. The van der Waals surface area contributed by atoms with Crippen molar-refractivity contribution in [2.24, 2.45) is 5.73 Å². The summed E-state index contributed by atoms with van der Waals surface area (Å²) < 4.78 is 0. The van der Waals surface area contributed by atoms with E-state index in [-0.39, 0.29) is 5.91 Å². The second kappa shape index (κ2) is 4.96. The van der Waals surface area contributed by atoms with Gasteiger partial charge in [-0.25, -0.2) is 5.48 Å². The molecule has 1 atom stereocenters. The quantitative estimate of drug-likeness (QED) is 0.319. The Labute approximate surface area is 60.0 Å². The van der Waals surface area contributed by atoms with Gasteiger partial charge in [-0.3, -0.25) is 9.63 Å². The first-order valence-electron chi connectivity index (χ1n) is 2.96. The molecule has 0 saturated heterocycles. The summed E-state index contributed by atoms with van der Waals surface area (Å²) in [5, 5.41) is 0. The zero-order chi connectivity index (χ0) is 7.98. The van der Waals surface area contributed by atoms with Crippen LogP contribution in [0.15, 0.2) is 12.7 Å². The molecule has 0 aromatic carbocycles. The molecule has 0 fully saturated rings. The first-order chi connectivity index (χ1) is 4.68. The van der Waals surface area contributed by atoms with Gasteiger partial charge in [0.2, 0.25) is 0 Å². The van der Waals surface area contributed by atoms with Crippen LogP contribution >= 0.6 is 0 Å². The molecule has 3 N–H and O–H groups in total. The summed E-state index contributed by atoms with van der Waals surface area (Å²) >= 11 is 0. The van der Waals surface area contributed by atoms with Crippen molar-refractivity contribution in [1.29, 1.82) is 0 Å². The Bertz CT molecular complexity index is 123. The summed E-state index contributed by atoms with van der Waals surface area (Å²) in [6.45, 7) is 5.26. The molecule has 0 heterocycles. The van der Waals surface area contributed by atoms with Gasteiger partial charge in [0.05, 0.1) is 12.6 Å². The standard InChI is InChI=1S/C6H12N2O2/c1-3-4-10-8-6(9)5(2)7/h3,5H,1,4,7H2,2H3,(H,8,9). The molecule has 0 aliphatic rings. The van der Waals surface area contributed by atoms with E-state index < -0.39 is 6.04 Å². The third-order valence-electron chi connectivity index (χ3n) is 0.788. The molecule has 0 aliphatic carbocycles. The fraction of sp³-hybridized carbons (Fsp3) is 0.500. The number of carbonyl (C=O) groups excluding carboxylic acids is 1. The molecule has 10 heavy (non-hydrogen) atoms. The molecule has 0 aromatic rings. The van der Waals surface area contributed by atoms with Gasteiger partial charge in [-0.05, 0) is 6.92 Å². The number of carbonyl (C=O) groups is 1. The van der Waals surface area contributed by atoms with Crippen molar-refractivity contribution in [2.45, 2.75) is 13.0 Å². The maximum atomic E-state index is 10.6. The molecule has 0 aromatic heterocycles. The van der Waals surface area contributed by atoms with Crippen LogP contribution < -0.4 is 11.2 Å². The summed E-state index contributed by atoms with van der Waals surface area (Å²) in [6, 6.07) is -0.537. The van der Waals surface area contributed by atoms with Gasteiger partial charge < -0.3 is 5.73 Å². The number of amides is 1. The van der Waals surface area contributed by atoms with E-state index in [4.69, 9.17) is 5.73 Å². The molecule has 0 aliphatic heterocycles. The number of nitrogens with two attached hydrogens (primary N) is 1. The Morgan fingerprint density at radius 2 is 2.60 bits per heavy atom. The van der Waals surface area contributed by atoms with Crippen LogP contribution in [0.2, 0.25) is 0 Å². The lowest BCUT2D eigenvalue weighted by Crippen LogP contribution is -2.38. The SMILES string of the molecule is C=CCONC(=O)C(C)N. The van der Waals surface area contributed by atoms with Gasteiger partial charge in [-0.1, -0.05) is 6.08 Å². The van der Waals surface area contributed by atoms with Gasteiger partial charge in [0, 0.05) is 0 Å². The minimum atomic E-state index is -0.537. The van der Waals surface area contributed by atoms with Crippen molar-refractivity contribution in [2.75, 3.05) is 6.61 Å². The second-order valence-corrected chi connectivity index (χ2v) is 1.85. The average Bonchev–Trinajstić information content (AvgIpc) is 1.88. The lowest BCUT2D eigenvalue weighted by atomic mass is 10.4. The largest absolute Gasteiger partial charge is 0.320 e. The average molecular weight is 144 g/mol. The molecule has 58 valence electrons. The van der Waals surface area contributed by atoms with Gasteiger partial charge in [0.25, 0.3) is 5.91 Å². The summed E-state index contributed by atoms with van der Waals surface area (Å²) in [6.07, 6.45) is 1.53. The van der Waals surface area contributed by atoms with E-state index in [0.717, 1.165) is 0 Å². The van der Waals surface area contributed by atoms with Crippen molar-refractivity contribution in [1.82, 2.24) is 5.48 Å². The van der Waals surface area contributed by atoms with E-state index >= 15 is 0 Å². The third kappa shape index (κ3) is 4.05. The molecule has 1 unspecified atom stereocenters. The number of hydrogen-bond acceptors (Lipinski definition) is 3. The van der Waals surface area contributed by atoms with Crippen molar-refractivity contribution in [3.05, 3.63) is 12.7 Å². The van der Waals surface area contributed by atoms with E-state index in [0.29, 0.717) is 6.61 Å². The Morgan fingerprint density at radius 1 is 2.00 bits per heavy atom. The molecule has 0 bridgehead atoms. The van der Waals surface area contributed by atoms with Gasteiger partial charge in [0.1, 0.15) is 0 Å². The van der Waals surface area contributed by atoms with Crippen LogP contribution in [0.5, 0.6) is 0 Å². The molecule has 1 amide bonds. The molecular weight excluding hydrogens is 132 g/mol. The maximum absolute atomic E-state index is 10.6.